The average Bonchev–Trinajstić information content (AvgIpc) is 3.54. The van der Waals surface area contributed by atoms with Crippen molar-refractivity contribution in [3.63, 3.8) is 0 Å². The first-order chi connectivity index (χ1) is 16.7. The summed E-state index contributed by atoms with van der Waals surface area (Å²) in [5.74, 6) is 0.836. The van der Waals surface area contributed by atoms with Gasteiger partial charge in [-0.1, -0.05) is 78.5 Å². The van der Waals surface area contributed by atoms with Crippen LogP contribution in [0.3, 0.4) is 0 Å². The van der Waals surface area contributed by atoms with Gasteiger partial charge in [0.05, 0.1) is 24.1 Å². The third kappa shape index (κ3) is 4.70. The molecule has 2 heterocycles. The summed E-state index contributed by atoms with van der Waals surface area (Å²) < 4.78 is 21.7. The van der Waals surface area contributed by atoms with Crippen LogP contribution in [0.15, 0.2) is 107 Å². The number of furan rings is 1. The number of aromatic nitrogens is 3. The first-order valence-corrected chi connectivity index (χ1v) is 11.7. The Morgan fingerprint density at radius 1 is 0.853 bits per heavy atom. The van der Waals surface area contributed by atoms with Crippen molar-refractivity contribution in [1.29, 1.82) is 0 Å². The number of carbonyl (C=O) groups excluding carboxylic acids is 1. The fourth-order valence-corrected chi connectivity index (χ4v) is 4.46. The van der Waals surface area contributed by atoms with E-state index in [9.17, 15) is 9.18 Å². The molecule has 0 fully saturated rings. The van der Waals surface area contributed by atoms with Crippen LogP contribution < -0.4 is 0 Å². The number of thioether (sulfide) groups is 1. The summed E-state index contributed by atoms with van der Waals surface area (Å²) >= 11 is 1.27. The summed E-state index contributed by atoms with van der Waals surface area (Å²) in [4.78, 5) is 12.9. The highest BCUT2D eigenvalue weighted by Crippen LogP contribution is 2.28. The van der Waals surface area contributed by atoms with E-state index in [1.165, 1.54) is 17.8 Å². The van der Waals surface area contributed by atoms with Crippen molar-refractivity contribution in [2.45, 2.75) is 11.7 Å². The first kappa shape index (κ1) is 21.9. The molecule has 0 aliphatic heterocycles. The Labute approximate surface area is 200 Å². The minimum absolute atomic E-state index is 0.0235. The van der Waals surface area contributed by atoms with Gasteiger partial charge in [-0.25, -0.2) is 4.39 Å². The van der Waals surface area contributed by atoms with Crippen LogP contribution in [-0.2, 0) is 6.54 Å². The fraction of sp³-hybridized carbons (Fsp3) is 0.0741. The van der Waals surface area contributed by atoms with Gasteiger partial charge in [0, 0.05) is 5.56 Å². The number of hydrogen-bond donors (Lipinski definition) is 0. The average molecular weight is 470 g/mol. The zero-order valence-electron chi connectivity index (χ0n) is 18.1. The maximum Gasteiger partial charge on any atom is 0.192 e. The van der Waals surface area contributed by atoms with Gasteiger partial charge in [0.25, 0.3) is 0 Å². The van der Waals surface area contributed by atoms with Crippen molar-refractivity contribution in [3.05, 3.63) is 114 Å². The van der Waals surface area contributed by atoms with Gasteiger partial charge in [-0.05, 0) is 35.4 Å². The predicted octanol–water partition coefficient (Wildman–Crippen LogP) is 6.37. The predicted molar refractivity (Wildman–Crippen MR) is 130 cm³/mol. The van der Waals surface area contributed by atoms with Crippen molar-refractivity contribution >= 4 is 17.5 Å². The minimum Gasteiger partial charge on any atom is -0.467 e. The lowest BCUT2D eigenvalue weighted by molar-refractivity contribution is 0.102. The van der Waals surface area contributed by atoms with Crippen molar-refractivity contribution in [3.8, 4) is 22.5 Å². The van der Waals surface area contributed by atoms with Gasteiger partial charge < -0.3 is 4.42 Å². The van der Waals surface area contributed by atoms with E-state index in [1.54, 1.807) is 35.1 Å². The van der Waals surface area contributed by atoms with Crippen molar-refractivity contribution < 1.29 is 13.6 Å². The van der Waals surface area contributed by atoms with Crippen LogP contribution in [0.5, 0.6) is 0 Å². The highest BCUT2D eigenvalue weighted by molar-refractivity contribution is 7.99. The lowest BCUT2D eigenvalue weighted by atomic mass is 10.0. The molecule has 0 aliphatic rings. The Balaban J connectivity index is 1.36. The Morgan fingerprint density at radius 2 is 1.59 bits per heavy atom. The SMILES string of the molecule is O=C(CSc1nnc(-c2ccccc2F)n1Cc1ccco1)c1ccc(-c2ccccc2)cc1. The van der Waals surface area contributed by atoms with E-state index >= 15 is 0 Å². The Kier molecular flexibility index (Phi) is 6.35. The van der Waals surface area contributed by atoms with Crippen molar-refractivity contribution in [2.75, 3.05) is 5.75 Å². The van der Waals surface area contributed by atoms with Crippen molar-refractivity contribution in [1.82, 2.24) is 14.8 Å². The Bertz CT molecular complexity index is 1400. The van der Waals surface area contributed by atoms with E-state index < -0.39 is 0 Å². The monoisotopic (exact) mass is 469 g/mol. The second kappa shape index (κ2) is 9.89. The molecule has 34 heavy (non-hydrogen) atoms. The highest BCUT2D eigenvalue weighted by Gasteiger charge is 2.19. The van der Waals surface area contributed by atoms with E-state index in [4.69, 9.17) is 4.42 Å². The topological polar surface area (TPSA) is 60.9 Å². The maximum atomic E-state index is 14.5. The van der Waals surface area contributed by atoms with Crippen LogP contribution in [0.1, 0.15) is 16.1 Å². The second-order valence-corrected chi connectivity index (χ2v) is 8.55. The van der Waals surface area contributed by atoms with E-state index in [1.807, 2.05) is 60.7 Å². The molecule has 2 aromatic heterocycles. The van der Waals surface area contributed by atoms with Gasteiger partial charge in [0.2, 0.25) is 0 Å². The summed E-state index contributed by atoms with van der Waals surface area (Å²) in [6.45, 7) is 0.325. The lowest BCUT2D eigenvalue weighted by Gasteiger charge is -2.09. The number of benzene rings is 3. The molecule has 0 spiro atoms. The molecule has 5 rings (SSSR count). The quantitative estimate of drug-likeness (QED) is 0.195. The van der Waals surface area contributed by atoms with Gasteiger partial charge in [-0.3, -0.25) is 9.36 Å². The molecule has 7 heteroatoms. The summed E-state index contributed by atoms with van der Waals surface area (Å²) in [6, 6.07) is 27.6. The molecular formula is C27H20FN3O2S. The second-order valence-electron chi connectivity index (χ2n) is 7.61. The van der Waals surface area contributed by atoms with E-state index in [0.29, 0.717) is 34.4 Å². The smallest absolute Gasteiger partial charge is 0.192 e. The molecule has 3 aromatic carbocycles. The molecule has 0 atom stereocenters. The number of rotatable bonds is 8. The van der Waals surface area contributed by atoms with Gasteiger partial charge in [0.15, 0.2) is 16.8 Å². The standard InChI is InChI=1S/C27H20FN3O2S/c28-24-11-5-4-10-23(24)26-29-30-27(31(26)17-22-9-6-16-33-22)34-18-25(32)21-14-12-20(13-15-21)19-7-2-1-3-8-19/h1-16H,17-18H2. The third-order valence-corrected chi connectivity index (χ3v) is 6.34. The number of hydrogen-bond acceptors (Lipinski definition) is 5. The minimum atomic E-state index is -0.387. The van der Waals surface area contributed by atoms with Crippen LogP contribution in [0.25, 0.3) is 22.5 Å². The lowest BCUT2D eigenvalue weighted by Crippen LogP contribution is -2.07. The maximum absolute atomic E-state index is 14.5. The van der Waals surface area contributed by atoms with Crippen LogP contribution in [0.2, 0.25) is 0 Å². The molecule has 0 saturated carbocycles. The Morgan fingerprint density at radius 3 is 2.32 bits per heavy atom. The number of Topliss-reactive ketones (excluding diaryl/α,β-unsaturated/α-hetero) is 1. The molecule has 168 valence electrons. The molecule has 0 radical (unpaired) electrons. The highest BCUT2D eigenvalue weighted by atomic mass is 32.2. The molecule has 0 aliphatic carbocycles. The molecule has 0 amide bonds. The molecular weight excluding hydrogens is 449 g/mol. The molecule has 0 bridgehead atoms. The van der Waals surface area contributed by atoms with E-state index in [2.05, 4.69) is 10.2 Å². The van der Waals surface area contributed by atoms with Gasteiger partial charge in [-0.15, -0.1) is 10.2 Å². The number of ketones is 1. The normalized spacial score (nSPS) is 11.0. The van der Waals surface area contributed by atoms with Gasteiger partial charge >= 0.3 is 0 Å². The van der Waals surface area contributed by atoms with Crippen LogP contribution >= 0.6 is 11.8 Å². The largest absolute Gasteiger partial charge is 0.467 e. The third-order valence-electron chi connectivity index (χ3n) is 5.37. The zero-order chi connectivity index (χ0) is 23.3. The molecule has 5 aromatic rings. The number of carbonyl (C=O) groups is 1. The summed E-state index contributed by atoms with van der Waals surface area (Å²) in [5, 5.41) is 8.99. The van der Waals surface area contributed by atoms with Crippen LogP contribution in [0, 0.1) is 5.82 Å². The summed E-state index contributed by atoms with van der Waals surface area (Å²) in [6.07, 6.45) is 1.58. The molecule has 0 N–H and O–H groups in total. The molecule has 0 unspecified atom stereocenters. The van der Waals surface area contributed by atoms with Crippen LogP contribution in [0.4, 0.5) is 4.39 Å². The summed E-state index contributed by atoms with van der Waals surface area (Å²) in [7, 11) is 0. The van der Waals surface area contributed by atoms with Crippen LogP contribution in [-0.4, -0.2) is 26.3 Å². The first-order valence-electron chi connectivity index (χ1n) is 10.7. The van der Waals surface area contributed by atoms with E-state index in [0.717, 1.165) is 11.1 Å². The van der Waals surface area contributed by atoms with E-state index in [-0.39, 0.29) is 17.4 Å². The fourth-order valence-electron chi connectivity index (χ4n) is 3.63. The summed E-state index contributed by atoms with van der Waals surface area (Å²) in [5.41, 5.74) is 3.12. The number of nitrogens with zero attached hydrogens (tertiary/aromatic N) is 3. The molecule has 5 nitrogen and oxygen atoms in total. The zero-order valence-corrected chi connectivity index (χ0v) is 18.9. The van der Waals surface area contributed by atoms with Gasteiger partial charge in [0.1, 0.15) is 11.6 Å². The number of halogens is 1. The Hall–Kier alpha value is -3.97. The van der Waals surface area contributed by atoms with Crippen molar-refractivity contribution in [2.24, 2.45) is 0 Å². The molecule has 0 saturated heterocycles. The van der Waals surface area contributed by atoms with Gasteiger partial charge in [-0.2, -0.15) is 0 Å².